The van der Waals surface area contributed by atoms with E-state index in [-0.39, 0.29) is 41.6 Å². The number of aromatic nitrogens is 2. The molecule has 13 heteroatoms. The van der Waals surface area contributed by atoms with Gasteiger partial charge in [0.2, 0.25) is 11.9 Å². The molecule has 1 N–H and O–H groups in total. The number of sulfone groups is 1. The first kappa shape index (κ1) is 29.5. The normalized spacial score (nSPS) is 16.9. The van der Waals surface area contributed by atoms with Crippen LogP contribution in [0.1, 0.15) is 25.3 Å². The van der Waals surface area contributed by atoms with Gasteiger partial charge in [-0.15, -0.1) is 0 Å². The van der Waals surface area contributed by atoms with Gasteiger partial charge < -0.3 is 10.1 Å². The molecule has 2 amide bonds. The molecule has 0 bridgehead atoms. The van der Waals surface area contributed by atoms with Crippen molar-refractivity contribution in [1.29, 1.82) is 0 Å². The highest BCUT2D eigenvalue weighted by Gasteiger charge is 2.51. The second-order valence-electron chi connectivity index (χ2n) is 9.39. The SMILES string of the molecule is COCC(=O)NCCCCS(=O)(=O)c1cnc2n1C(C)(Cc1ccc(Br)cc1)C(=O)N2c1cc(Cl)cc(Cl)c1. The minimum Gasteiger partial charge on any atom is -0.375 e. The fraction of sp³-hybridized carbons (Fsp3) is 0.346. The average molecular weight is 658 g/mol. The first-order valence-electron chi connectivity index (χ1n) is 12.1. The summed E-state index contributed by atoms with van der Waals surface area (Å²) in [5, 5.41) is 3.28. The quantitative estimate of drug-likeness (QED) is 0.294. The number of nitrogens with one attached hydrogen (secondary N) is 1. The lowest BCUT2D eigenvalue weighted by atomic mass is 9.92. The lowest BCUT2D eigenvalue weighted by molar-refractivity contribution is -0.125. The van der Waals surface area contributed by atoms with Gasteiger partial charge in [0.1, 0.15) is 12.1 Å². The number of fused-ring (bicyclic) bond motifs is 1. The van der Waals surface area contributed by atoms with Crippen LogP contribution in [0.3, 0.4) is 0 Å². The van der Waals surface area contributed by atoms with Crippen LogP contribution in [-0.2, 0) is 36.1 Å². The number of methoxy groups -OCH3 is 1. The summed E-state index contributed by atoms with van der Waals surface area (Å²) >= 11 is 15.9. The van der Waals surface area contributed by atoms with Gasteiger partial charge in [-0.25, -0.2) is 18.3 Å². The Kier molecular flexibility index (Phi) is 9.07. The Balaban J connectivity index is 1.69. The number of hydrogen-bond donors (Lipinski definition) is 1. The minimum atomic E-state index is -3.84. The van der Waals surface area contributed by atoms with Crippen molar-refractivity contribution in [2.24, 2.45) is 0 Å². The molecular weight excluding hydrogens is 631 g/mol. The van der Waals surface area contributed by atoms with Crippen molar-refractivity contribution in [2.75, 3.05) is 30.9 Å². The number of hydrogen-bond acceptors (Lipinski definition) is 6. The first-order valence-corrected chi connectivity index (χ1v) is 15.3. The van der Waals surface area contributed by atoms with E-state index < -0.39 is 15.4 Å². The van der Waals surface area contributed by atoms with Gasteiger partial charge in [-0.05, 0) is 55.7 Å². The van der Waals surface area contributed by atoms with Crippen molar-refractivity contribution >= 4 is 72.4 Å². The van der Waals surface area contributed by atoms with E-state index in [1.807, 2.05) is 24.3 Å². The second-order valence-corrected chi connectivity index (χ2v) is 13.2. The van der Waals surface area contributed by atoms with Crippen molar-refractivity contribution in [3.63, 3.8) is 0 Å². The molecule has 39 heavy (non-hydrogen) atoms. The number of benzene rings is 2. The number of ether oxygens (including phenoxy) is 1. The zero-order valence-electron chi connectivity index (χ0n) is 21.3. The van der Waals surface area contributed by atoms with Crippen LogP contribution < -0.4 is 10.2 Å². The summed E-state index contributed by atoms with van der Waals surface area (Å²) in [7, 11) is -2.42. The van der Waals surface area contributed by atoms with E-state index in [2.05, 4.69) is 26.2 Å². The molecule has 1 atom stereocenters. The number of unbranched alkanes of at least 4 members (excludes halogenated alkanes) is 1. The Labute approximate surface area is 245 Å². The van der Waals surface area contributed by atoms with Crippen molar-refractivity contribution < 1.29 is 22.7 Å². The largest absolute Gasteiger partial charge is 0.375 e. The predicted octanol–water partition coefficient (Wildman–Crippen LogP) is 4.91. The highest BCUT2D eigenvalue weighted by Crippen LogP contribution is 2.44. The third-order valence-electron chi connectivity index (χ3n) is 6.39. The van der Waals surface area contributed by atoms with E-state index in [1.165, 1.54) is 22.8 Å². The molecule has 2 heterocycles. The number of carbonyl (C=O) groups is 2. The molecule has 1 aliphatic heterocycles. The molecule has 0 spiro atoms. The molecule has 3 aromatic rings. The lowest BCUT2D eigenvalue weighted by Crippen LogP contribution is -2.42. The molecule has 0 aliphatic carbocycles. The van der Waals surface area contributed by atoms with Gasteiger partial charge >= 0.3 is 0 Å². The molecule has 2 aromatic carbocycles. The van der Waals surface area contributed by atoms with Crippen LogP contribution in [0.25, 0.3) is 0 Å². The van der Waals surface area contributed by atoms with Gasteiger partial charge in [-0.3, -0.25) is 14.2 Å². The Bertz CT molecular complexity index is 1480. The van der Waals surface area contributed by atoms with Crippen LogP contribution in [0.5, 0.6) is 0 Å². The maximum Gasteiger partial charge on any atom is 0.260 e. The Hall–Kier alpha value is -2.44. The van der Waals surface area contributed by atoms with E-state index in [0.717, 1.165) is 10.0 Å². The van der Waals surface area contributed by atoms with Gasteiger partial charge in [-0.1, -0.05) is 51.3 Å². The zero-order chi connectivity index (χ0) is 28.4. The summed E-state index contributed by atoms with van der Waals surface area (Å²) in [5.74, 6) is -0.631. The van der Waals surface area contributed by atoms with E-state index in [0.29, 0.717) is 35.1 Å². The van der Waals surface area contributed by atoms with E-state index in [4.69, 9.17) is 27.9 Å². The van der Waals surface area contributed by atoms with Crippen molar-refractivity contribution in [3.8, 4) is 0 Å². The number of carbonyl (C=O) groups excluding carboxylic acids is 2. The third-order valence-corrected chi connectivity index (χ3v) is 9.11. The molecule has 4 rings (SSSR count). The Morgan fingerprint density at radius 1 is 1.13 bits per heavy atom. The third kappa shape index (κ3) is 6.33. The molecule has 208 valence electrons. The average Bonchev–Trinajstić information content (AvgIpc) is 3.39. The molecule has 1 aromatic heterocycles. The summed E-state index contributed by atoms with van der Waals surface area (Å²) in [6.45, 7) is 1.98. The van der Waals surface area contributed by atoms with Crippen molar-refractivity contribution in [2.45, 2.75) is 36.8 Å². The summed E-state index contributed by atoms with van der Waals surface area (Å²) in [6.07, 6.45) is 2.27. The van der Waals surface area contributed by atoms with Crippen LogP contribution in [0.2, 0.25) is 10.0 Å². The lowest BCUT2D eigenvalue weighted by Gasteiger charge is -2.26. The van der Waals surface area contributed by atoms with Gasteiger partial charge in [0.25, 0.3) is 5.91 Å². The van der Waals surface area contributed by atoms with Crippen LogP contribution in [-0.4, -0.2) is 55.8 Å². The summed E-state index contributed by atoms with van der Waals surface area (Å²) < 4.78 is 34.3. The number of nitrogens with zero attached hydrogens (tertiary/aromatic N) is 3. The Morgan fingerprint density at radius 2 is 1.79 bits per heavy atom. The summed E-state index contributed by atoms with van der Waals surface area (Å²) in [5.41, 5.74) is -0.0696. The number of halogens is 3. The number of anilines is 2. The molecular formula is C26H27BrCl2N4O5S. The first-order chi connectivity index (χ1) is 18.5. The molecule has 0 fully saturated rings. The van der Waals surface area contributed by atoms with Crippen LogP contribution in [0, 0.1) is 0 Å². The predicted molar refractivity (Wildman–Crippen MR) is 154 cm³/mol. The van der Waals surface area contributed by atoms with Gasteiger partial charge in [0, 0.05) is 34.6 Å². The maximum absolute atomic E-state index is 14.1. The van der Waals surface area contributed by atoms with E-state index >= 15 is 0 Å². The van der Waals surface area contributed by atoms with Gasteiger partial charge in [0.15, 0.2) is 14.9 Å². The summed E-state index contributed by atoms with van der Waals surface area (Å²) in [6, 6.07) is 12.2. The van der Waals surface area contributed by atoms with Gasteiger partial charge in [-0.2, -0.15) is 0 Å². The smallest absolute Gasteiger partial charge is 0.260 e. The maximum atomic E-state index is 14.1. The molecule has 1 aliphatic rings. The van der Waals surface area contributed by atoms with Crippen LogP contribution in [0.4, 0.5) is 11.6 Å². The number of imidazole rings is 1. The van der Waals surface area contributed by atoms with Crippen molar-refractivity contribution in [3.05, 3.63) is 68.7 Å². The van der Waals surface area contributed by atoms with Crippen molar-refractivity contribution in [1.82, 2.24) is 14.9 Å². The van der Waals surface area contributed by atoms with E-state index in [1.54, 1.807) is 25.1 Å². The topological polar surface area (TPSA) is 111 Å². The molecule has 0 saturated carbocycles. The van der Waals surface area contributed by atoms with E-state index in [9.17, 15) is 18.0 Å². The fourth-order valence-electron chi connectivity index (χ4n) is 4.58. The number of amides is 2. The monoisotopic (exact) mass is 656 g/mol. The van der Waals surface area contributed by atoms with Crippen LogP contribution in [0.15, 0.2) is 58.2 Å². The standard InChI is InChI=1S/C26H27BrCl2N4O5S/c1-26(14-17-5-7-18(27)8-6-17)24(35)32(21-12-19(28)11-20(29)13-21)25-31-15-23(33(25)26)39(36,37)10-4-3-9-30-22(34)16-38-2/h5-8,11-13,15H,3-4,9-10,14,16H2,1-2H3,(H,30,34). The highest BCUT2D eigenvalue weighted by molar-refractivity contribution is 9.10. The Morgan fingerprint density at radius 3 is 2.44 bits per heavy atom. The highest BCUT2D eigenvalue weighted by atomic mass is 79.9. The van der Waals surface area contributed by atoms with Crippen LogP contribution >= 0.6 is 39.1 Å². The molecule has 0 saturated heterocycles. The molecule has 1 unspecified atom stereocenters. The fourth-order valence-corrected chi connectivity index (χ4v) is 6.93. The molecule has 9 nitrogen and oxygen atoms in total. The second kappa shape index (κ2) is 12.0. The minimum absolute atomic E-state index is 0.0514. The van der Waals surface area contributed by atoms with Gasteiger partial charge in [0.05, 0.1) is 17.6 Å². The molecule has 0 radical (unpaired) electrons. The summed E-state index contributed by atoms with van der Waals surface area (Å²) in [4.78, 5) is 31.4. The number of rotatable bonds is 11. The zero-order valence-corrected chi connectivity index (χ0v) is 25.2.